The van der Waals surface area contributed by atoms with Crippen LogP contribution in [0.3, 0.4) is 0 Å². The monoisotopic (exact) mass is 313 g/mol. The van der Waals surface area contributed by atoms with E-state index in [0.717, 1.165) is 22.2 Å². The number of pyridine rings is 2. The summed E-state index contributed by atoms with van der Waals surface area (Å²) in [6.45, 7) is 3.10. The molecule has 112 valence electrons. The minimum atomic E-state index is 0.497. The van der Waals surface area contributed by atoms with E-state index >= 15 is 0 Å². The van der Waals surface area contributed by atoms with Crippen LogP contribution in [0.25, 0.3) is 10.8 Å². The van der Waals surface area contributed by atoms with Gasteiger partial charge in [-0.15, -0.1) is 0 Å². The highest BCUT2D eigenvalue weighted by Gasteiger charge is 2.06. The Labute approximate surface area is 134 Å². The molecule has 0 aliphatic rings. The second kappa shape index (κ2) is 6.62. The highest BCUT2D eigenvalue weighted by atomic mass is 35.5. The quantitative estimate of drug-likeness (QED) is 0.714. The lowest BCUT2D eigenvalue weighted by Crippen LogP contribution is -2.05. The fourth-order valence-corrected chi connectivity index (χ4v) is 2.52. The summed E-state index contributed by atoms with van der Waals surface area (Å²) in [4.78, 5) is 8.62. The Kier molecular flexibility index (Phi) is 4.39. The molecule has 0 aliphatic heterocycles. The van der Waals surface area contributed by atoms with Gasteiger partial charge in [0.15, 0.2) is 0 Å². The number of nitrogens with one attached hydrogen (secondary N) is 1. The molecule has 0 unspecified atom stereocenters. The normalized spacial score (nSPS) is 10.6. The van der Waals surface area contributed by atoms with E-state index < -0.39 is 0 Å². The molecule has 1 N–H and O–H groups in total. The van der Waals surface area contributed by atoms with Crippen molar-refractivity contribution in [1.29, 1.82) is 0 Å². The SMILES string of the molecule is CCOc1ncccc1CNc1cc2ccccc2c(Cl)n1. The molecule has 5 heteroatoms. The lowest BCUT2D eigenvalue weighted by atomic mass is 10.2. The van der Waals surface area contributed by atoms with Crippen molar-refractivity contribution in [1.82, 2.24) is 9.97 Å². The molecule has 0 radical (unpaired) electrons. The smallest absolute Gasteiger partial charge is 0.218 e. The first kappa shape index (κ1) is 14.6. The Morgan fingerprint density at radius 1 is 1.18 bits per heavy atom. The van der Waals surface area contributed by atoms with E-state index in [-0.39, 0.29) is 0 Å². The van der Waals surface area contributed by atoms with Crippen LogP contribution in [0.5, 0.6) is 5.88 Å². The van der Waals surface area contributed by atoms with Crippen molar-refractivity contribution < 1.29 is 4.74 Å². The number of benzene rings is 1. The Balaban J connectivity index is 1.82. The zero-order chi connectivity index (χ0) is 15.4. The van der Waals surface area contributed by atoms with E-state index in [1.54, 1.807) is 6.20 Å². The predicted molar refractivity (Wildman–Crippen MR) is 89.5 cm³/mol. The molecular weight excluding hydrogens is 298 g/mol. The molecule has 3 aromatic rings. The van der Waals surface area contributed by atoms with Crippen molar-refractivity contribution in [3.8, 4) is 5.88 Å². The first-order valence-electron chi connectivity index (χ1n) is 7.14. The lowest BCUT2D eigenvalue weighted by molar-refractivity contribution is 0.323. The average Bonchev–Trinajstić information content (AvgIpc) is 2.54. The second-order valence-corrected chi connectivity index (χ2v) is 5.13. The molecular formula is C17H16ClN3O. The summed E-state index contributed by atoms with van der Waals surface area (Å²) < 4.78 is 5.52. The third-order valence-corrected chi connectivity index (χ3v) is 3.57. The molecule has 0 bridgehead atoms. The van der Waals surface area contributed by atoms with Gasteiger partial charge in [-0.25, -0.2) is 9.97 Å². The molecule has 0 amide bonds. The van der Waals surface area contributed by atoms with Crippen molar-refractivity contribution in [2.45, 2.75) is 13.5 Å². The number of nitrogens with zero attached hydrogens (tertiary/aromatic N) is 2. The van der Waals surface area contributed by atoms with Crippen molar-refractivity contribution in [3.05, 3.63) is 59.4 Å². The maximum atomic E-state index is 6.24. The summed E-state index contributed by atoms with van der Waals surface area (Å²) in [7, 11) is 0. The van der Waals surface area contributed by atoms with Gasteiger partial charge in [-0.2, -0.15) is 0 Å². The minimum Gasteiger partial charge on any atom is -0.478 e. The van der Waals surface area contributed by atoms with Gasteiger partial charge in [0.05, 0.1) is 6.61 Å². The van der Waals surface area contributed by atoms with Gasteiger partial charge in [0, 0.05) is 23.7 Å². The number of rotatable bonds is 5. The largest absolute Gasteiger partial charge is 0.478 e. The molecule has 2 heterocycles. The highest BCUT2D eigenvalue weighted by molar-refractivity contribution is 6.34. The molecule has 0 saturated carbocycles. The average molecular weight is 314 g/mol. The van der Waals surface area contributed by atoms with Crippen LogP contribution < -0.4 is 10.1 Å². The van der Waals surface area contributed by atoms with Gasteiger partial charge in [-0.3, -0.25) is 0 Å². The number of hydrogen-bond donors (Lipinski definition) is 1. The van der Waals surface area contributed by atoms with E-state index in [1.807, 2.05) is 49.4 Å². The highest BCUT2D eigenvalue weighted by Crippen LogP contribution is 2.25. The third kappa shape index (κ3) is 3.12. The molecule has 0 atom stereocenters. The molecule has 22 heavy (non-hydrogen) atoms. The summed E-state index contributed by atoms with van der Waals surface area (Å²) in [5.74, 6) is 1.37. The van der Waals surface area contributed by atoms with Crippen LogP contribution in [-0.4, -0.2) is 16.6 Å². The Bertz CT molecular complexity index is 792. The van der Waals surface area contributed by atoms with Crippen molar-refractivity contribution in [2.75, 3.05) is 11.9 Å². The van der Waals surface area contributed by atoms with Crippen molar-refractivity contribution >= 4 is 28.2 Å². The van der Waals surface area contributed by atoms with Crippen LogP contribution in [0, 0.1) is 0 Å². The number of hydrogen-bond acceptors (Lipinski definition) is 4. The molecule has 0 spiro atoms. The van der Waals surface area contributed by atoms with Gasteiger partial charge in [-0.05, 0) is 24.4 Å². The molecule has 0 fully saturated rings. The van der Waals surface area contributed by atoms with Crippen LogP contribution >= 0.6 is 11.6 Å². The first-order chi connectivity index (χ1) is 10.8. The number of anilines is 1. The summed E-state index contributed by atoms with van der Waals surface area (Å²) in [6, 6.07) is 13.8. The van der Waals surface area contributed by atoms with Gasteiger partial charge in [-0.1, -0.05) is 41.9 Å². The fraction of sp³-hybridized carbons (Fsp3) is 0.176. The summed E-state index contributed by atoms with van der Waals surface area (Å²) in [5, 5.41) is 5.78. The topological polar surface area (TPSA) is 47.0 Å². The van der Waals surface area contributed by atoms with E-state index in [2.05, 4.69) is 15.3 Å². The summed E-state index contributed by atoms with van der Waals surface area (Å²) in [6.07, 6.45) is 1.72. The van der Waals surface area contributed by atoms with Gasteiger partial charge in [0.2, 0.25) is 5.88 Å². The zero-order valence-electron chi connectivity index (χ0n) is 12.2. The van der Waals surface area contributed by atoms with Crippen LogP contribution in [0.2, 0.25) is 5.15 Å². The zero-order valence-corrected chi connectivity index (χ0v) is 13.0. The number of aromatic nitrogens is 2. The predicted octanol–water partition coefficient (Wildman–Crippen LogP) is 4.29. The number of ether oxygens (including phenoxy) is 1. The first-order valence-corrected chi connectivity index (χ1v) is 7.51. The Morgan fingerprint density at radius 3 is 2.91 bits per heavy atom. The van der Waals surface area contributed by atoms with Crippen LogP contribution in [0.1, 0.15) is 12.5 Å². The molecule has 0 saturated heterocycles. The van der Waals surface area contributed by atoms with E-state index in [9.17, 15) is 0 Å². The fourth-order valence-electron chi connectivity index (χ4n) is 2.26. The van der Waals surface area contributed by atoms with E-state index in [0.29, 0.717) is 24.2 Å². The molecule has 3 rings (SSSR count). The standard InChI is InChI=1S/C17H16ClN3O/c1-2-22-17-13(7-5-9-19-17)11-20-15-10-12-6-3-4-8-14(12)16(18)21-15/h3-10H,2,11H2,1H3,(H,20,21). The molecule has 2 aromatic heterocycles. The van der Waals surface area contributed by atoms with Crippen LogP contribution in [0.4, 0.5) is 5.82 Å². The van der Waals surface area contributed by atoms with Crippen molar-refractivity contribution in [2.24, 2.45) is 0 Å². The summed E-state index contributed by atoms with van der Waals surface area (Å²) in [5.41, 5.74) is 0.982. The number of fused-ring (bicyclic) bond motifs is 1. The van der Waals surface area contributed by atoms with Gasteiger partial charge >= 0.3 is 0 Å². The maximum Gasteiger partial charge on any atom is 0.218 e. The minimum absolute atomic E-state index is 0.497. The van der Waals surface area contributed by atoms with Crippen LogP contribution in [-0.2, 0) is 6.54 Å². The van der Waals surface area contributed by atoms with Gasteiger partial charge in [0.25, 0.3) is 0 Å². The number of halogens is 1. The molecule has 0 aliphatic carbocycles. The second-order valence-electron chi connectivity index (χ2n) is 4.77. The molecule has 4 nitrogen and oxygen atoms in total. The maximum absolute atomic E-state index is 6.24. The van der Waals surface area contributed by atoms with E-state index in [4.69, 9.17) is 16.3 Å². The Hall–Kier alpha value is -2.33. The Morgan fingerprint density at radius 2 is 2.05 bits per heavy atom. The summed E-state index contributed by atoms with van der Waals surface area (Å²) >= 11 is 6.24. The van der Waals surface area contributed by atoms with E-state index in [1.165, 1.54) is 0 Å². The van der Waals surface area contributed by atoms with Gasteiger partial charge in [0.1, 0.15) is 11.0 Å². The third-order valence-electron chi connectivity index (χ3n) is 3.28. The molecule has 1 aromatic carbocycles. The van der Waals surface area contributed by atoms with Crippen LogP contribution in [0.15, 0.2) is 48.7 Å². The van der Waals surface area contributed by atoms with Crippen molar-refractivity contribution in [3.63, 3.8) is 0 Å². The lowest BCUT2D eigenvalue weighted by Gasteiger charge is -2.11. The van der Waals surface area contributed by atoms with Gasteiger partial charge < -0.3 is 10.1 Å².